The minimum atomic E-state index is -0.208. The van der Waals surface area contributed by atoms with Crippen molar-refractivity contribution in [1.82, 2.24) is 4.98 Å². The third-order valence-electron chi connectivity index (χ3n) is 2.89. The first-order valence-corrected chi connectivity index (χ1v) is 6.44. The minimum Gasteiger partial charge on any atom is -0.493 e. The average Bonchev–Trinajstić information content (AvgIpc) is 2.47. The molecule has 1 unspecified atom stereocenters. The van der Waals surface area contributed by atoms with Crippen LogP contribution in [0.2, 0.25) is 0 Å². The number of rotatable bonds is 5. The summed E-state index contributed by atoms with van der Waals surface area (Å²) in [5.74, 6) is 1.37. The largest absolute Gasteiger partial charge is 0.493 e. The fourth-order valence-electron chi connectivity index (χ4n) is 1.97. The SMILES string of the molecule is COc1cccc(C(Cl)Cc2ccccn2)c1OC. The summed E-state index contributed by atoms with van der Waals surface area (Å²) in [6.07, 6.45) is 2.41. The highest BCUT2D eigenvalue weighted by Crippen LogP contribution is 2.38. The molecule has 0 aliphatic carbocycles. The third-order valence-corrected chi connectivity index (χ3v) is 3.27. The van der Waals surface area contributed by atoms with Crippen molar-refractivity contribution in [2.24, 2.45) is 0 Å². The van der Waals surface area contributed by atoms with Crippen molar-refractivity contribution in [2.45, 2.75) is 11.8 Å². The Morgan fingerprint density at radius 1 is 1.11 bits per heavy atom. The van der Waals surface area contributed by atoms with Gasteiger partial charge >= 0.3 is 0 Å². The molecule has 1 atom stereocenters. The third kappa shape index (κ3) is 3.18. The average molecular weight is 278 g/mol. The molecule has 0 radical (unpaired) electrons. The zero-order valence-electron chi connectivity index (χ0n) is 11.0. The molecule has 19 heavy (non-hydrogen) atoms. The van der Waals surface area contributed by atoms with E-state index in [1.807, 2.05) is 36.4 Å². The molecule has 3 nitrogen and oxygen atoms in total. The van der Waals surface area contributed by atoms with Crippen molar-refractivity contribution in [3.8, 4) is 11.5 Å². The van der Waals surface area contributed by atoms with E-state index in [4.69, 9.17) is 21.1 Å². The Bertz CT molecular complexity index is 531. The summed E-state index contributed by atoms with van der Waals surface area (Å²) in [7, 11) is 3.23. The van der Waals surface area contributed by atoms with Crippen molar-refractivity contribution in [3.05, 3.63) is 53.9 Å². The number of para-hydroxylation sites is 1. The van der Waals surface area contributed by atoms with Gasteiger partial charge in [0.1, 0.15) is 0 Å². The van der Waals surface area contributed by atoms with Crippen LogP contribution in [0.5, 0.6) is 11.5 Å². The van der Waals surface area contributed by atoms with Crippen molar-refractivity contribution >= 4 is 11.6 Å². The Kier molecular flexibility index (Phi) is 4.63. The lowest BCUT2D eigenvalue weighted by atomic mass is 10.1. The van der Waals surface area contributed by atoms with E-state index in [-0.39, 0.29) is 5.38 Å². The second-order valence-electron chi connectivity index (χ2n) is 4.08. The minimum absolute atomic E-state index is 0.208. The highest BCUT2D eigenvalue weighted by molar-refractivity contribution is 6.21. The number of pyridine rings is 1. The predicted octanol–water partition coefficient (Wildman–Crippen LogP) is 3.62. The molecule has 100 valence electrons. The first-order chi connectivity index (χ1) is 9.26. The molecule has 1 aromatic carbocycles. The van der Waals surface area contributed by atoms with E-state index >= 15 is 0 Å². The van der Waals surface area contributed by atoms with Crippen LogP contribution < -0.4 is 9.47 Å². The fourth-order valence-corrected chi connectivity index (χ4v) is 2.30. The Labute approximate surface area is 118 Å². The molecule has 2 aromatic rings. The molecule has 1 aromatic heterocycles. The van der Waals surface area contributed by atoms with Gasteiger partial charge in [-0.05, 0) is 18.2 Å². The zero-order chi connectivity index (χ0) is 13.7. The number of hydrogen-bond acceptors (Lipinski definition) is 3. The van der Waals surface area contributed by atoms with Gasteiger partial charge in [-0.3, -0.25) is 4.98 Å². The maximum absolute atomic E-state index is 6.48. The molecule has 0 saturated heterocycles. The number of ether oxygens (including phenoxy) is 2. The van der Waals surface area contributed by atoms with Crippen LogP contribution >= 0.6 is 11.6 Å². The van der Waals surface area contributed by atoms with Crippen molar-refractivity contribution in [1.29, 1.82) is 0 Å². The quantitative estimate of drug-likeness (QED) is 0.782. The van der Waals surface area contributed by atoms with Gasteiger partial charge in [0.2, 0.25) is 0 Å². The lowest BCUT2D eigenvalue weighted by Gasteiger charge is -2.16. The van der Waals surface area contributed by atoms with E-state index in [1.165, 1.54) is 0 Å². The molecule has 4 heteroatoms. The van der Waals surface area contributed by atoms with Gasteiger partial charge in [-0.2, -0.15) is 0 Å². The second-order valence-corrected chi connectivity index (χ2v) is 4.60. The van der Waals surface area contributed by atoms with Gasteiger partial charge in [-0.15, -0.1) is 11.6 Å². The number of aromatic nitrogens is 1. The summed E-state index contributed by atoms with van der Waals surface area (Å²) >= 11 is 6.48. The van der Waals surface area contributed by atoms with Crippen molar-refractivity contribution in [3.63, 3.8) is 0 Å². The molecule has 0 saturated carbocycles. The summed E-state index contributed by atoms with van der Waals surface area (Å²) in [4.78, 5) is 4.29. The van der Waals surface area contributed by atoms with E-state index in [9.17, 15) is 0 Å². The van der Waals surface area contributed by atoms with Crippen LogP contribution in [0.15, 0.2) is 42.6 Å². The zero-order valence-corrected chi connectivity index (χ0v) is 11.7. The van der Waals surface area contributed by atoms with Crippen LogP contribution in [-0.2, 0) is 6.42 Å². The molecule has 0 fully saturated rings. The number of alkyl halides is 1. The molecule has 2 rings (SSSR count). The molecule has 0 spiro atoms. The van der Waals surface area contributed by atoms with Crippen LogP contribution in [0.25, 0.3) is 0 Å². The van der Waals surface area contributed by atoms with Crippen molar-refractivity contribution < 1.29 is 9.47 Å². The standard InChI is InChI=1S/C15H16ClNO2/c1-18-14-8-5-7-12(15(14)19-2)13(16)10-11-6-3-4-9-17-11/h3-9,13H,10H2,1-2H3. The van der Waals surface area contributed by atoms with Crippen LogP contribution in [0.3, 0.4) is 0 Å². The van der Waals surface area contributed by atoms with E-state index in [0.717, 1.165) is 11.3 Å². The van der Waals surface area contributed by atoms with E-state index in [0.29, 0.717) is 17.9 Å². The van der Waals surface area contributed by atoms with Gasteiger partial charge in [0.25, 0.3) is 0 Å². The number of nitrogens with zero attached hydrogens (tertiary/aromatic N) is 1. The van der Waals surface area contributed by atoms with Gasteiger partial charge in [-0.25, -0.2) is 0 Å². The van der Waals surface area contributed by atoms with Crippen LogP contribution in [0, 0.1) is 0 Å². The first-order valence-electron chi connectivity index (χ1n) is 6.01. The normalized spacial score (nSPS) is 11.9. The lowest BCUT2D eigenvalue weighted by molar-refractivity contribution is 0.351. The van der Waals surface area contributed by atoms with Gasteiger partial charge in [0, 0.05) is 23.9 Å². The van der Waals surface area contributed by atoms with E-state index < -0.39 is 0 Å². The number of hydrogen-bond donors (Lipinski definition) is 0. The number of benzene rings is 1. The molecule has 0 aliphatic heterocycles. The Balaban J connectivity index is 2.26. The monoisotopic (exact) mass is 277 g/mol. The molecule has 1 heterocycles. The predicted molar refractivity (Wildman–Crippen MR) is 76.1 cm³/mol. The highest BCUT2D eigenvalue weighted by atomic mass is 35.5. The van der Waals surface area contributed by atoms with Gasteiger partial charge in [0.05, 0.1) is 19.6 Å². The highest BCUT2D eigenvalue weighted by Gasteiger charge is 2.17. The van der Waals surface area contributed by atoms with Gasteiger partial charge in [-0.1, -0.05) is 18.2 Å². The summed E-state index contributed by atoms with van der Waals surface area (Å²) in [6.45, 7) is 0. The summed E-state index contributed by atoms with van der Waals surface area (Å²) in [6, 6.07) is 11.5. The van der Waals surface area contributed by atoms with Gasteiger partial charge in [0.15, 0.2) is 11.5 Å². The fraction of sp³-hybridized carbons (Fsp3) is 0.267. The Hall–Kier alpha value is -1.74. The summed E-state index contributed by atoms with van der Waals surface area (Å²) < 4.78 is 10.7. The topological polar surface area (TPSA) is 31.4 Å². The molecular weight excluding hydrogens is 262 g/mol. The first kappa shape index (κ1) is 13.7. The molecule has 0 amide bonds. The van der Waals surface area contributed by atoms with E-state index in [2.05, 4.69) is 4.98 Å². The Morgan fingerprint density at radius 2 is 1.95 bits per heavy atom. The second kappa shape index (κ2) is 6.43. The number of methoxy groups -OCH3 is 2. The van der Waals surface area contributed by atoms with Gasteiger partial charge < -0.3 is 9.47 Å². The smallest absolute Gasteiger partial charge is 0.165 e. The van der Waals surface area contributed by atoms with Crippen molar-refractivity contribution in [2.75, 3.05) is 14.2 Å². The summed E-state index contributed by atoms with van der Waals surface area (Å²) in [5.41, 5.74) is 1.86. The molecule has 0 aliphatic rings. The lowest BCUT2D eigenvalue weighted by Crippen LogP contribution is -2.02. The van der Waals surface area contributed by atoms with Crippen LogP contribution in [-0.4, -0.2) is 19.2 Å². The number of halogens is 1. The molecular formula is C15H16ClNO2. The maximum atomic E-state index is 6.48. The van der Waals surface area contributed by atoms with E-state index in [1.54, 1.807) is 20.4 Å². The maximum Gasteiger partial charge on any atom is 0.165 e. The molecule has 0 bridgehead atoms. The Morgan fingerprint density at radius 3 is 2.58 bits per heavy atom. The summed E-state index contributed by atoms with van der Waals surface area (Å²) in [5, 5.41) is -0.208. The van der Waals surface area contributed by atoms with Crippen LogP contribution in [0.1, 0.15) is 16.6 Å². The van der Waals surface area contributed by atoms with Crippen LogP contribution in [0.4, 0.5) is 0 Å². The molecule has 0 N–H and O–H groups in total.